The average Bonchev–Trinajstić information content (AvgIpc) is 3.47. The molecule has 0 radical (unpaired) electrons. The predicted octanol–water partition coefficient (Wildman–Crippen LogP) is 3.85. The van der Waals surface area contributed by atoms with Crippen LogP contribution in [-0.2, 0) is 14.3 Å². The van der Waals surface area contributed by atoms with Gasteiger partial charge in [-0.05, 0) is 50.5 Å². The molecule has 1 aliphatic carbocycles. The summed E-state index contributed by atoms with van der Waals surface area (Å²) in [4.78, 5) is 48.9. The molecule has 1 aliphatic rings. The zero-order chi connectivity index (χ0) is 22.0. The summed E-state index contributed by atoms with van der Waals surface area (Å²) >= 11 is 1.27. The van der Waals surface area contributed by atoms with Gasteiger partial charge in [-0.2, -0.15) is 0 Å². The van der Waals surface area contributed by atoms with Crippen LogP contribution >= 0.6 is 11.3 Å². The van der Waals surface area contributed by atoms with Crippen molar-refractivity contribution >= 4 is 45.6 Å². The molecule has 30 heavy (non-hydrogen) atoms. The van der Waals surface area contributed by atoms with Crippen LogP contribution in [0.15, 0.2) is 18.2 Å². The predicted molar refractivity (Wildman–Crippen MR) is 110 cm³/mol. The number of aryl methyl sites for hydroxylation is 1. The fraction of sp³-hybridized carbons (Fsp3) is 0.333. The summed E-state index contributed by atoms with van der Waals surface area (Å²) in [6.45, 7) is 4.18. The number of carbonyl (C=O) groups is 4. The Balaban J connectivity index is 1.69. The molecule has 1 fully saturated rings. The Labute approximate surface area is 176 Å². The topological polar surface area (TPSA) is 102 Å². The summed E-state index contributed by atoms with van der Waals surface area (Å²) in [5, 5.41) is 5.58. The number of esters is 1. The van der Waals surface area contributed by atoms with Crippen LogP contribution in [-0.4, -0.2) is 30.2 Å². The molecule has 158 valence electrons. The largest absolute Gasteiger partial charge is 0.454 e. The minimum atomic E-state index is -0.831. The van der Waals surface area contributed by atoms with Gasteiger partial charge in [0.25, 0.3) is 0 Å². The standard InChI is InChI=1S/C21H21FN2O5S/c1-10-11(2)30-20(24-19(27)13-4-5-13)18(10)21(28)29-9-17(26)15-7-6-14(8-16(15)22)23-12(3)25/h6-8,13H,4-5,9H2,1-3H3,(H,23,25)(H,24,27). The number of nitrogens with one attached hydrogen (secondary N) is 2. The van der Waals surface area contributed by atoms with E-state index >= 15 is 0 Å². The number of ether oxygens (including phenoxy) is 1. The Morgan fingerprint density at radius 3 is 2.47 bits per heavy atom. The van der Waals surface area contributed by atoms with Crippen LogP contribution in [0.5, 0.6) is 0 Å². The van der Waals surface area contributed by atoms with E-state index in [-0.39, 0.29) is 34.5 Å². The Hall–Kier alpha value is -3.07. The Kier molecular flexibility index (Phi) is 6.31. The lowest BCUT2D eigenvalue weighted by atomic mass is 10.1. The van der Waals surface area contributed by atoms with E-state index in [0.717, 1.165) is 23.8 Å². The lowest BCUT2D eigenvalue weighted by molar-refractivity contribution is -0.117. The minimum Gasteiger partial charge on any atom is -0.454 e. The smallest absolute Gasteiger partial charge is 0.341 e. The fourth-order valence-corrected chi connectivity index (χ4v) is 3.88. The molecule has 0 bridgehead atoms. The number of ketones is 1. The van der Waals surface area contributed by atoms with E-state index < -0.39 is 24.2 Å². The molecule has 0 spiro atoms. The third-order valence-electron chi connectivity index (χ3n) is 4.70. The van der Waals surface area contributed by atoms with Crippen molar-refractivity contribution in [1.29, 1.82) is 0 Å². The Morgan fingerprint density at radius 2 is 1.87 bits per heavy atom. The lowest BCUT2D eigenvalue weighted by Gasteiger charge is -2.09. The zero-order valence-corrected chi connectivity index (χ0v) is 17.6. The van der Waals surface area contributed by atoms with Crippen LogP contribution in [0, 0.1) is 25.6 Å². The highest BCUT2D eigenvalue weighted by Crippen LogP contribution is 2.36. The van der Waals surface area contributed by atoms with Crippen molar-refractivity contribution in [2.75, 3.05) is 17.2 Å². The van der Waals surface area contributed by atoms with E-state index in [2.05, 4.69) is 10.6 Å². The van der Waals surface area contributed by atoms with Crippen LogP contribution < -0.4 is 10.6 Å². The molecule has 1 heterocycles. The van der Waals surface area contributed by atoms with Gasteiger partial charge in [-0.25, -0.2) is 9.18 Å². The third kappa shape index (κ3) is 4.91. The number of Topliss-reactive ketones (excluding diaryl/α,β-unsaturated/α-hetero) is 1. The van der Waals surface area contributed by atoms with E-state index in [1.165, 1.54) is 30.4 Å². The van der Waals surface area contributed by atoms with Gasteiger partial charge in [0, 0.05) is 23.4 Å². The maximum atomic E-state index is 14.2. The third-order valence-corrected chi connectivity index (χ3v) is 5.82. The highest BCUT2D eigenvalue weighted by molar-refractivity contribution is 7.16. The molecule has 0 unspecified atom stereocenters. The minimum absolute atomic E-state index is 0.0263. The maximum absolute atomic E-state index is 14.2. The molecule has 2 amide bonds. The normalized spacial score (nSPS) is 12.9. The number of hydrogen-bond acceptors (Lipinski definition) is 6. The van der Waals surface area contributed by atoms with Crippen molar-refractivity contribution in [3.63, 3.8) is 0 Å². The Morgan fingerprint density at radius 1 is 1.17 bits per heavy atom. The SMILES string of the molecule is CC(=O)Nc1ccc(C(=O)COC(=O)c2c(NC(=O)C3CC3)sc(C)c2C)c(F)c1. The Bertz CT molecular complexity index is 1040. The molecule has 0 saturated heterocycles. The van der Waals surface area contributed by atoms with Gasteiger partial charge >= 0.3 is 5.97 Å². The monoisotopic (exact) mass is 432 g/mol. The van der Waals surface area contributed by atoms with Crippen molar-refractivity contribution in [3.8, 4) is 0 Å². The number of thiophene rings is 1. The van der Waals surface area contributed by atoms with Crippen molar-refractivity contribution in [2.24, 2.45) is 5.92 Å². The van der Waals surface area contributed by atoms with E-state index in [9.17, 15) is 23.6 Å². The van der Waals surface area contributed by atoms with E-state index in [1.807, 2.05) is 6.92 Å². The van der Waals surface area contributed by atoms with Crippen molar-refractivity contribution in [1.82, 2.24) is 0 Å². The number of anilines is 2. The van der Waals surface area contributed by atoms with Crippen LogP contribution in [0.4, 0.5) is 15.1 Å². The summed E-state index contributed by atoms with van der Waals surface area (Å²) in [5.74, 6) is -2.84. The molecule has 3 rings (SSSR count). The van der Waals surface area contributed by atoms with Gasteiger partial charge in [-0.1, -0.05) is 0 Å². The molecule has 1 aromatic carbocycles. The number of hydrogen-bond donors (Lipinski definition) is 2. The summed E-state index contributed by atoms with van der Waals surface area (Å²) in [6, 6.07) is 3.63. The van der Waals surface area contributed by atoms with E-state index in [4.69, 9.17) is 4.74 Å². The molecule has 2 aromatic rings. The molecular weight excluding hydrogens is 411 g/mol. The summed E-state index contributed by atoms with van der Waals surface area (Å²) in [7, 11) is 0. The van der Waals surface area contributed by atoms with Crippen LogP contribution in [0.25, 0.3) is 0 Å². The van der Waals surface area contributed by atoms with Gasteiger partial charge in [-0.3, -0.25) is 14.4 Å². The lowest BCUT2D eigenvalue weighted by Crippen LogP contribution is -2.18. The van der Waals surface area contributed by atoms with Crippen LogP contribution in [0.3, 0.4) is 0 Å². The quantitative estimate of drug-likeness (QED) is 0.511. The maximum Gasteiger partial charge on any atom is 0.341 e. The first-order valence-electron chi connectivity index (χ1n) is 9.35. The van der Waals surface area contributed by atoms with Gasteiger partial charge < -0.3 is 15.4 Å². The molecule has 7 nitrogen and oxygen atoms in total. The molecule has 9 heteroatoms. The van der Waals surface area contributed by atoms with Crippen molar-refractivity contribution in [3.05, 3.63) is 45.6 Å². The number of rotatable bonds is 7. The van der Waals surface area contributed by atoms with Gasteiger partial charge in [-0.15, -0.1) is 11.3 Å². The van der Waals surface area contributed by atoms with Crippen LogP contribution in [0.2, 0.25) is 0 Å². The van der Waals surface area contributed by atoms with Crippen molar-refractivity contribution in [2.45, 2.75) is 33.6 Å². The molecular formula is C21H21FN2O5S. The molecule has 1 aromatic heterocycles. The molecule has 0 aliphatic heterocycles. The van der Waals surface area contributed by atoms with E-state index in [1.54, 1.807) is 6.92 Å². The fourth-order valence-electron chi connectivity index (χ4n) is 2.82. The second-order valence-corrected chi connectivity index (χ2v) is 8.35. The number of halogens is 1. The average molecular weight is 432 g/mol. The second-order valence-electron chi connectivity index (χ2n) is 7.13. The first-order chi connectivity index (χ1) is 14.2. The summed E-state index contributed by atoms with van der Waals surface area (Å²) in [6.07, 6.45) is 1.66. The van der Waals surface area contributed by atoms with Crippen LogP contribution in [0.1, 0.15) is 50.9 Å². The van der Waals surface area contributed by atoms with E-state index in [0.29, 0.717) is 10.6 Å². The summed E-state index contributed by atoms with van der Waals surface area (Å²) in [5.41, 5.74) is 0.835. The number of benzene rings is 1. The first-order valence-corrected chi connectivity index (χ1v) is 10.2. The first kappa shape index (κ1) is 21.6. The van der Waals surface area contributed by atoms with Gasteiger partial charge in [0.1, 0.15) is 10.8 Å². The highest BCUT2D eigenvalue weighted by atomic mass is 32.1. The van der Waals surface area contributed by atoms with Gasteiger partial charge in [0.15, 0.2) is 6.61 Å². The molecule has 1 saturated carbocycles. The molecule has 0 atom stereocenters. The van der Waals surface area contributed by atoms with Gasteiger partial charge in [0.2, 0.25) is 17.6 Å². The van der Waals surface area contributed by atoms with Crippen molar-refractivity contribution < 1.29 is 28.3 Å². The van der Waals surface area contributed by atoms with Gasteiger partial charge in [0.05, 0.1) is 11.1 Å². The zero-order valence-electron chi connectivity index (χ0n) is 16.8. The number of amides is 2. The molecule has 2 N–H and O–H groups in total. The second kappa shape index (κ2) is 8.74. The highest BCUT2D eigenvalue weighted by Gasteiger charge is 2.32. The summed E-state index contributed by atoms with van der Waals surface area (Å²) < 4.78 is 19.3. The number of carbonyl (C=O) groups excluding carboxylic acids is 4.